The topological polar surface area (TPSA) is 110 Å². The van der Waals surface area contributed by atoms with Crippen molar-refractivity contribution in [3.05, 3.63) is 41.8 Å². The van der Waals surface area contributed by atoms with Crippen LogP contribution in [0.2, 0.25) is 0 Å². The van der Waals surface area contributed by atoms with E-state index in [-0.39, 0.29) is 23.8 Å². The van der Waals surface area contributed by atoms with Gasteiger partial charge in [-0.1, -0.05) is 5.16 Å². The van der Waals surface area contributed by atoms with Crippen molar-refractivity contribution in [1.82, 2.24) is 25.3 Å². The van der Waals surface area contributed by atoms with Crippen LogP contribution in [0.15, 0.2) is 29.0 Å². The van der Waals surface area contributed by atoms with E-state index < -0.39 is 0 Å². The number of hydrogen-bond acceptors (Lipinski definition) is 7. The van der Waals surface area contributed by atoms with Gasteiger partial charge in [-0.3, -0.25) is 14.6 Å². The van der Waals surface area contributed by atoms with E-state index >= 15 is 0 Å². The van der Waals surface area contributed by atoms with Crippen molar-refractivity contribution in [1.29, 1.82) is 0 Å². The number of methoxy groups -OCH3 is 1. The van der Waals surface area contributed by atoms with E-state index in [1.54, 1.807) is 37.3 Å². The second-order valence-corrected chi connectivity index (χ2v) is 6.48. The molecule has 9 nitrogen and oxygen atoms in total. The molecule has 9 heteroatoms. The normalized spacial score (nSPS) is 19.7. The number of piperidine rings is 1. The summed E-state index contributed by atoms with van der Waals surface area (Å²) in [6.07, 6.45) is 4.05. The summed E-state index contributed by atoms with van der Waals surface area (Å²) in [4.78, 5) is 35.0. The number of aryl methyl sites for hydroxylation is 1. The first-order valence-electron chi connectivity index (χ1n) is 8.86. The van der Waals surface area contributed by atoms with Gasteiger partial charge in [-0.2, -0.15) is 4.98 Å². The Kier molecular flexibility index (Phi) is 6.12. The molecule has 0 aliphatic carbocycles. The lowest BCUT2D eigenvalue weighted by Gasteiger charge is -2.37. The molecule has 3 rings (SSSR count). The third kappa shape index (κ3) is 4.68. The molecule has 0 unspecified atom stereocenters. The molecule has 2 aromatic rings. The predicted molar refractivity (Wildman–Crippen MR) is 95.0 cm³/mol. The standard InChI is InChI=1S/C18H23N5O4/c1-12-20-18(27-22-12)14-11-23(16(24)6-9-26-2)8-5-15(14)21-17(25)13-4-3-7-19-10-13/h3-4,7,10,14-15H,5-6,8-9,11H2,1-2H3,(H,21,25)/t14-,15+/m0/s1. The van der Waals surface area contributed by atoms with Gasteiger partial charge in [0.25, 0.3) is 5.91 Å². The van der Waals surface area contributed by atoms with E-state index in [0.29, 0.717) is 49.8 Å². The first kappa shape index (κ1) is 19.0. The second kappa shape index (κ2) is 8.72. The van der Waals surface area contributed by atoms with Crippen molar-refractivity contribution in [3.8, 4) is 0 Å². The molecule has 144 valence electrons. The van der Waals surface area contributed by atoms with Crippen LogP contribution in [0.4, 0.5) is 0 Å². The van der Waals surface area contributed by atoms with Gasteiger partial charge in [0, 0.05) is 38.6 Å². The van der Waals surface area contributed by atoms with Gasteiger partial charge in [0.15, 0.2) is 5.82 Å². The average Bonchev–Trinajstić information content (AvgIpc) is 3.13. The zero-order chi connectivity index (χ0) is 19.2. The Hall–Kier alpha value is -2.81. The molecule has 0 aromatic carbocycles. The van der Waals surface area contributed by atoms with E-state index in [1.807, 2.05) is 0 Å². The zero-order valence-corrected chi connectivity index (χ0v) is 15.4. The van der Waals surface area contributed by atoms with Crippen molar-refractivity contribution >= 4 is 11.8 Å². The number of nitrogens with zero attached hydrogens (tertiary/aromatic N) is 4. The molecule has 2 aromatic heterocycles. The summed E-state index contributed by atoms with van der Waals surface area (Å²) in [7, 11) is 1.57. The summed E-state index contributed by atoms with van der Waals surface area (Å²) >= 11 is 0. The maximum Gasteiger partial charge on any atom is 0.253 e. The average molecular weight is 373 g/mol. The molecular formula is C18H23N5O4. The quantitative estimate of drug-likeness (QED) is 0.802. The number of carbonyl (C=O) groups is 2. The Morgan fingerprint density at radius 2 is 2.30 bits per heavy atom. The van der Waals surface area contributed by atoms with Crippen molar-refractivity contribution < 1.29 is 18.8 Å². The second-order valence-electron chi connectivity index (χ2n) is 6.48. The number of carbonyl (C=O) groups excluding carboxylic acids is 2. The lowest BCUT2D eigenvalue weighted by atomic mass is 9.91. The molecule has 27 heavy (non-hydrogen) atoms. The smallest absolute Gasteiger partial charge is 0.253 e. The fourth-order valence-corrected chi connectivity index (χ4v) is 3.16. The minimum atomic E-state index is -0.271. The van der Waals surface area contributed by atoms with Crippen LogP contribution >= 0.6 is 0 Å². The number of rotatable bonds is 6. The fraction of sp³-hybridized carbons (Fsp3) is 0.500. The zero-order valence-electron chi connectivity index (χ0n) is 15.4. The minimum Gasteiger partial charge on any atom is -0.384 e. The Morgan fingerprint density at radius 3 is 2.96 bits per heavy atom. The number of ether oxygens (including phenoxy) is 1. The lowest BCUT2D eigenvalue weighted by molar-refractivity contribution is -0.133. The highest BCUT2D eigenvalue weighted by Gasteiger charge is 2.36. The number of amides is 2. The molecule has 2 amide bonds. The summed E-state index contributed by atoms with van der Waals surface area (Å²) in [5.74, 6) is 0.467. The molecule has 0 spiro atoms. The van der Waals surface area contributed by atoms with Gasteiger partial charge in [-0.15, -0.1) is 0 Å². The van der Waals surface area contributed by atoms with Crippen molar-refractivity contribution in [2.45, 2.75) is 31.7 Å². The molecule has 1 fully saturated rings. The summed E-state index contributed by atoms with van der Waals surface area (Å²) in [5, 5.41) is 6.88. The maximum atomic E-state index is 12.5. The highest BCUT2D eigenvalue weighted by molar-refractivity contribution is 5.94. The molecule has 0 saturated carbocycles. The van der Waals surface area contributed by atoms with Gasteiger partial charge in [0.05, 0.1) is 24.5 Å². The third-order valence-electron chi connectivity index (χ3n) is 4.59. The number of likely N-dealkylation sites (tertiary alicyclic amines) is 1. The van der Waals surface area contributed by atoms with Crippen molar-refractivity contribution in [2.24, 2.45) is 0 Å². The Bertz CT molecular complexity index is 779. The molecule has 1 aliphatic heterocycles. The van der Waals surface area contributed by atoms with Crippen LogP contribution < -0.4 is 5.32 Å². The SMILES string of the molecule is COCCC(=O)N1CC[C@@H](NC(=O)c2cccnc2)[C@@H](c2nc(C)no2)C1. The van der Waals surface area contributed by atoms with Gasteiger partial charge in [-0.25, -0.2) is 0 Å². The monoisotopic (exact) mass is 373 g/mol. The predicted octanol–water partition coefficient (Wildman–Crippen LogP) is 0.924. The molecule has 0 bridgehead atoms. The molecule has 1 saturated heterocycles. The van der Waals surface area contributed by atoms with Crippen LogP contribution in [0.1, 0.15) is 40.8 Å². The first-order valence-corrected chi connectivity index (χ1v) is 8.86. The van der Waals surface area contributed by atoms with E-state index in [2.05, 4.69) is 20.4 Å². The van der Waals surface area contributed by atoms with Gasteiger partial charge in [0.2, 0.25) is 11.8 Å². The van der Waals surface area contributed by atoms with E-state index in [9.17, 15) is 9.59 Å². The van der Waals surface area contributed by atoms with E-state index in [1.165, 1.54) is 6.20 Å². The number of pyridine rings is 1. The van der Waals surface area contributed by atoms with Crippen LogP contribution in [0, 0.1) is 6.92 Å². The number of aromatic nitrogens is 3. The fourth-order valence-electron chi connectivity index (χ4n) is 3.16. The Morgan fingerprint density at radius 1 is 1.44 bits per heavy atom. The maximum absolute atomic E-state index is 12.5. The number of hydrogen-bond donors (Lipinski definition) is 1. The van der Waals surface area contributed by atoms with Gasteiger partial charge in [0.1, 0.15) is 0 Å². The van der Waals surface area contributed by atoms with Crippen LogP contribution in [0.25, 0.3) is 0 Å². The number of nitrogens with one attached hydrogen (secondary N) is 1. The summed E-state index contributed by atoms with van der Waals surface area (Å²) < 4.78 is 10.3. The highest BCUT2D eigenvalue weighted by Crippen LogP contribution is 2.27. The summed E-state index contributed by atoms with van der Waals surface area (Å²) in [6.45, 7) is 3.06. The van der Waals surface area contributed by atoms with Gasteiger partial charge >= 0.3 is 0 Å². The summed E-state index contributed by atoms with van der Waals surface area (Å²) in [6, 6.07) is 3.20. The minimum absolute atomic E-state index is 0.00937. The van der Waals surface area contributed by atoms with Crippen LogP contribution in [-0.2, 0) is 9.53 Å². The van der Waals surface area contributed by atoms with E-state index in [0.717, 1.165) is 0 Å². The lowest BCUT2D eigenvalue weighted by Crippen LogP contribution is -2.51. The molecule has 3 heterocycles. The van der Waals surface area contributed by atoms with E-state index in [4.69, 9.17) is 9.26 Å². The molecular weight excluding hydrogens is 350 g/mol. The Balaban J connectivity index is 1.74. The van der Waals surface area contributed by atoms with Gasteiger partial charge in [-0.05, 0) is 25.5 Å². The third-order valence-corrected chi connectivity index (χ3v) is 4.59. The summed E-state index contributed by atoms with van der Waals surface area (Å²) in [5.41, 5.74) is 0.483. The molecule has 1 aliphatic rings. The molecule has 1 N–H and O–H groups in total. The van der Waals surface area contributed by atoms with Crippen molar-refractivity contribution in [3.63, 3.8) is 0 Å². The highest BCUT2D eigenvalue weighted by atomic mass is 16.5. The van der Waals surface area contributed by atoms with Crippen molar-refractivity contribution in [2.75, 3.05) is 26.8 Å². The first-order chi connectivity index (χ1) is 13.1. The van der Waals surface area contributed by atoms with Gasteiger partial charge < -0.3 is 19.5 Å². The molecule has 2 atom stereocenters. The molecule has 0 radical (unpaired) electrons. The Labute approximate surface area is 157 Å². The van der Waals surface area contributed by atoms with Crippen LogP contribution in [0.5, 0.6) is 0 Å². The van der Waals surface area contributed by atoms with Crippen LogP contribution in [0.3, 0.4) is 0 Å². The largest absolute Gasteiger partial charge is 0.384 e. The van der Waals surface area contributed by atoms with Crippen LogP contribution in [-0.4, -0.2) is 64.7 Å².